The molecule has 0 aromatic heterocycles. The molecular weight excluding hydrogens is 460 g/mol. The van der Waals surface area contributed by atoms with Gasteiger partial charge in [-0.25, -0.2) is 0 Å². The number of nitro groups is 1. The molecule has 0 aliphatic rings. The number of nitrogens with zero attached hydrogens (tertiary/aromatic N) is 3. The summed E-state index contributed by atoms with van der Waals surface area (Å²) in [5.41, 5.74) is -1.24. The summed E-state index contributed by atoms with van der Waals surface area (Å²) in [5, 5.41) is 30.1. The van der Waals surface area contributed by atoms with Crippen molar-refractivity contribution in [2.75, 3.05) is 5.32 Å². The minimum Gasteiger partial charge on any atom is -0.504 e. The number of Topliss-reactive ketones (excluding diaryl/α,β-unsaturated/α-hetero) is 1. The fourth-order valence-corrected chi connectivity index (χ4v) is 2.67. The zero-order chi connectivity index (χ0) is 21.8. The van der Waals surface area contributed by atoms with Gasteiger partial charge >= 0.3 is 0 Å². The molecule has 2 rings (SSSR count). The number of nitrogens with one attached hydrogen (secondary N) is 1. The second-order valence-corrected chi connectivity index (χ2v) is 6.86. The first-order valence-corrected chi connectivity index (χ1v) is 9.09. The van der Waals surface area contributed by atoms with Crippen molar-refractivity contribution < 1.29 is 50.0 Å². The number of azo groups is 1. The van der Waals surface area contributed by atoms with Gasteiger partial charge in [-0.15, -0.1) is 6.04 Å². The number of aromatic hydroxyl groups is 1. The van der Waals surface area contributed by atoms with Gasteiger partial charge in [0.15, 0.2) is 5.75 Å². The maximum atomic E-state index is 12.2. The third-order valence-corrected chi connectivity index (χ3v) is 4.23. The zero-order valence-corrected chi connectivity index (χ0v) is 17.1. The van der Waals surface area contributed by atoms with Gasteiger partial charge in [0, 0.05) is 41.0 Å². The standard InChI is InChI=1S/C16H13N4O8S.Cr/c1-9(21)14(16(23)17-10-5-3-2-4-6-10)19-18-12-7-11(20(24)25)8-13(15(12)22)29(26,27)28;/h2-8,22H,1H3,(H,17,23)(H,26,27,28);/q-1;. The number of rotatable bonds is 7. The topological polar surface area (TPSA) is 189 Å². The number of phenolic OH excluding ortho intramolecular Hbond substituents is 1. The maximum absolute atomic E-state index is 12.2. The van der Waals surface area contributed by atoms with E-state index in [0.29, 0.717) is 17.8 Å². The van der Waals surface area contributed by atoms with E-state index in [9.17, 15) is 33.2 Å². The number of anilines is 1. The molecule has 0 saturated heterocycles. The van der Waals surface area contributed by atoms with E-state index in [4.69, 9.17) is 4.55 Å². The van der Waals surface area contributed by atoms with Crippen LogP contribution in [0.4, 0.5) is 17.1 Å². The first-order chi connectivity index (χ1) is 13.5. The molecule has 3 N–H and O–H groups in total. The van der Waals surface area contributed by atoms with Gasteiger partial charge in [0.25, 0.3) is 15.8 Å². The number of ketones is 1. The van der Waals surface area contributed by atoms with Gasteiger partial charge < -0.3 is 25.1 Å². The molecule has 0 unspecified atom stereocenters. The molecule has 0 saturated carbocycles. The Morgan fingerprint density at radius 1 is 1.20 bits per heavy atom. The molecule has 0 atom stereocenters. The van der Waals surface area contributed by atoms with Crippen molar-refractivity contribution in [2.45, 2.75) is 11.8 Å². The molecule has 2 aromatic rings. The average molecular weight is 473 g/mol. The molecule has 0 heterocycles. The first kappa shape index (κ1) is 24.7. The smallest absolute Gasteiger partial charge is 0.298 e. The summed E-state index contributed by atoms with van der Waals surface area (Å²) in [6.07, 6.45) is 0. The van der Waals surface area contributed by atoms with Gasteiger partial charge in [0.2, 0.25) is 0 Å². The number of benzene rings is 2. The fourth-order valence-electron chi connectivity index (χ4n) is 2.05. The van der Waals surface area contributed by atoms with Crippen molar-refractivity contribution in [3.63, 3.8) is 0 Å². The normalized spacial score (nSPS) is 10.9. The molecule has 0 aliphatic carbocycles. The Kier molecular flexibility index (Phi) is 8.20. The molecule has 0 bridgehead atoms. The first-order valence-electron chi connectivity index (χ1n) is 7.65. The number of carbonyl (C=O) groups excluding carboxylic acids is 2. The van der Waals surface area contributed by atoms with Crippen LogP contribution in [0.15, 0.2) is 57.6 Å². The van der Waals surface area contributed by atoms with Crippen molar-refractivity contribution in [1.82, 2.24) is 0 Å². The summed E-state index contributed by atoms with van der Waals surface area (Å²) in [5.74, 6) is -2.91. The molecule has 0 radical (unpaired) electrons. The van der Waals surface area contributed by atoms with Crippen LogP contribution >= 0.6 is 0 Å². The third-order valence-electron chi connectivity index (χ3n) is 3.37. The van der Waals surface area contributed by atoms with Crippen LogP contribution in [0.1, 0.15) is 6.92 Å². The Morgan fingerprint density at radius 3 is 2.30 bits per heavy atom. The second-order valence-electron chi connectivity index (χ2n) is 5.47. The van der Waals surface area contributed by atoms with Gasteiger partial charge in [0.1, 0.15) is 16.5 Å². The summed E-state index contributed by atoms with van der Waals surface area (Å²) in [4.78, 5) is 32.7. The van der Waals surface area contributed by atoms with Crippen molar-refractivity contribution in [3.05, 3.63) is 58.6 Å². The predicted octanol–water partition coefficient (Wildman–Crippen LogP) is 2.39. The van der Waals surface area contributed by atoms with Crippen molar-refractivity contribution in [2.24, 2.45) is 10.2 Å². The molecule has 0 fully saturated rings. The number of carbonyl (C=O) groups is 2. The Bertz CT molecular complexity index is 1110. The number of nitro benzene ring substituents is 1. The number of hydrogen-bond donors (Lipinski definition) is 3. The average Bonchev–Trinajstić information content (AvgIpc) is 2.62. The van der Waals surface area contributed by atoms with Gasteiger partial charge in [-0.3, -0.25) is 14.7 Å². The van der Waals surface area contributed by atoms with Crippen LogP contribution in [0.3, 0.4) is 0 Å². The van der Waals surface area contributed by atoms with E-state index in [1.807, 2.05) is 0 Å². The molecule has 30 heavy (non-hydrogen) atoms. The minimum absolute atomic E-state index is 0. The van der Waals surface area contributed by atoms with Gasteiger partial charge in [-0.1, -0.05) is 18.2 Å². The van der Waals surface area contributed by atoms with Gasteiger partial charge in [-0.2, -0.15) is 13.5 Å². The molecule has 2 aromatic carbocycles. The van der Waals surface area contributed by atoms with E-state index in [-0.39, 0.29) is 17.4 Å². The summed E-state index contributed by atoms with van der Waals surface area (Å²) in [6.45, 7) is 1.01. The number of para-hydroxylation sites is 1. The molecule has 12 nitrogen and oxygen atoms in total. The molecular formula is C16H13CrN4O8S-. The number of amides is 1. The Morgan fingerprint density at radius 2 is 1.80 bits per heavy atom. The predicted molar refractivity (Wildman–Crippen MR) is 98.1 cm³/mol. The molecule has 158 valence electrons. The van der Waals surface area contributed by atoms with Crippen LogP contribution in [0.2, 0.25) is 0 Å². The van der Waals surface area contributed by atoms with E-state index in [0.717, 1.165) is 6.92 Å². The van der Waals surface area contributed by atoms with Crippen LogP contribution in [-0.2, 0) is 37.1 Å². The zero-order valence-electron chi connectivity index (χ0n) is 15.0. The van der Waals surface area contributed by atoms with Crippen LogP contribution in [0, 0.1) is 16.2 Å². The van der Waals surface area contributed by atoms with Crippen molar-refractivity contribution in [1.29, 1.82) is 0 Å². The summed E-state index contributed by atoms with van der Waals surface area (Å²) in [6, 6.07) is 8.39. The molecule has 1 amide bonds. The van der Waals surface area contributed by atoms with Crippen LogP contribution in [0.5, 0.6) is 5.75 Å². The Labute approximate surface area is 180 Å². The van der Waals surface area contributed by atoms with Crippen molar-refractivity contribution >= 4 is 38.9 Å². The molecule has 0 spiro atoms. The number of hydrogen-bond acceptors (Lipinski definition) is 9. The molecule has 14 heteroatoms. The van der Waals surface area contributed by atoms with E-state index < -0.39 is 54.8 Å². The largest absolute Gasteiger partial charge is 0.504 e. The van der Waals surface area contributed by atoms with Crippen LogP contribution < -0.4 is 5.32 Å². The van der Waals surface area contributed by atoms with E-state index in [2.05, 4.69) is 15.5 Å². The quantitative estimate of drug-likeness (QED) is 0.136. The number of phenols is 1. The minimum atomic E-state index is -5.03. The van der Waals surface area contributed by atoms with E-state index >= 15 is 0 Å². The number of non-ortho nitro benzene ring substituents is 1. The van der Waals surface area contributed by atoms with Crippen LogP contribution in [-0.4, -0.2) is 34.7 Å². The third kappa shape index (κ3) is 6.09. The summed E-state index contributed by atoms with van der Waals surface area (Å²) >= 11 is 0. The van der Waals surface area contributed by atoms with Crippen LogP contribution in [0.25, 0.3) is 0 Å². The Hall–Kier alpha value is -3.31. The monoisotopic (exact) mass is 473 g/mol. The Balaban J connectivity index is 0.00000450. The van der Waals surface area contributed by atoms with Gasteiger partial charge in [0.05, 0.1) is 4.92 Å². The van der Waals surface area contributed by atoms with Crippen molar-refractivity contribution in [3.8, 4) is 5.75 Å². The maximum Gasteiger partial charge on any atom is 0.298 e. The van der Waals surface area contributed by atoms with Gasteiger partial charge in [-0.05, 0) is 19.1 Å². The fraction of sp³-hybridized carbons (Fsp3) is 0.0625. The second kappa shape index (κ2) is 9.94. The molecule has 0 aliphatic heterocycles. The summed E-state index contributed by atoms with van der Waals surface area (Å²) < 4.78 is 31.7. The van der Waals surface area contributed by atoms with E-state index in [1.54, 1.807) is 18.2 Å². The van der Waals surface area contributed by atoms with E-state index in [1.165, 1.54) is 12.1 Å². The SMILES string of the molecule is CC(=O)[C-](N=Nc1cc([N+](=O)[O-])cc(S(=O)(=O)O)c1O)C(=O)Nc1ccccc1.[Cr]. The summed E-state index contributed by atoms with van der Waals surface area (Å²) in [7, 11) is -5.03.